The Balaban J connectivity index is 2.34. The zero-order chi connectivity index (χ0) is 25.0. The standard InChI is InChI=1S/C22H19F5N2O4/c1-21(2,3)33-20(32)28-10-4-5-13-16(9-7-15(23)18(13)24)29-17-8-6-12(22(25,26)27)11-14(17)19(30)31/h6-9,11,29H,10H2,1-3H3,(H,28,32)(H,30,31). The second-order valence-corrected chi connectivity index (χ2v) is 7.63. The Hall–Kier alpha value is -3.81. The molecule has 0 saturated heterocycles. The van der Waals surface area contributed by atoms with Gasteiger partial charge in [-0.15, -0.1) is 0 Å². The summed E-state index contributed by atoms with van der Waals surface area (Å²) in [6.45, 7) is 4.64. The van der Waals surface area contributed by atoms with Gasteiger partial charge in [-0.25, -0.2) is 18.4 Å². The van der Waals surface area contributed by atoms with Crippen LogP contribution < -0.4 is 10.6 Å². The molecular weight excluding hydrogens is 451 g/mol. The number of rotatable bonds is 4. The SMILES string of the molecule is CC(C)(C)OC(=O)NCC#Cc1c(Nc2ccc(C(F)(F)F)cc2C(=O)O)ccc(F)c1F. The minimum absolute atomic E-state index is 0.194. The van der Waals surface area contributed by atoms with Gasteiger partial charge >= 0.3 is 18.2 Å². The van der Waals surface area contributed by atoms with Crippen molar-refractivity contribution in [3.8, 4) is 11.8 Å². The number of aromatic carboxylic acids is 1. The average Bonchev–Trinajstić information content (AvgIpc) is 2.67. The van der Waals surface area contributed by atoms with Crippen molar-refractivity contribution in [3.63, 3.8) is 0 Å². The maximum atomic E-state index is 14.4. The molecule has 0 aromatic heterocycles. The molecule has 2 aromatic rings. The summed E-state index contributed by atoms with van der Waals surface area (Å²) in [5, 5.41) is 14.1. The Bertz CT molecular complexity index is 1130. The van der Waals surface area contributed by atoms with E-state index in [1.54, 1.807) is 20.8 Å². The zero-order valence-electron chi connectivity index (χ0n) is 17.7. The topological polar surface area (TPSA) is 87.7 Å². The van der Waals surface area contributed by atoms with Crippen LogP contribution in [0, 0.1) is 23.5 Å². The summed E-state index contributed by atoms with van der Waals surface area (Å²) in [5.74, 6) is 0.438. The van der Waals surface area contributed by atoms with Crippen molar-refractivity contribution in [1.82, 2.24) is 5.32 Å². The van der Waals surface area contributed by atoms with Crippen LogP contribution in [0.5, 0.6) is 0 Å². The number of halogens is 5. The molecular formula is C22H19F5N2O4. The molecule has 176 valence electrons. The second kappa shape index (κ2) is 9.77. The Morgan fingerprint density at radius 3 is 2.27 bits per heavy atom. The van der Waals surface area contributed by atoms with Crippen LogP contribution in [0.15, 0.2) is 30.3 Å². The molecule has 11 heteroatoms. The normalized spacial score (nSPS) is 11.3. The molecule has 0 radical (unpaired) electrons. The van der Waals surface area contributed by atoms with Crippen molar-refractivity contribution < 1.29 is 41.4 Å². The van der Waals surface area contributed by atoms with E-state index in [4.69, 9.17) is 4.74 Å². The van der Waals surface area contributed by atoms with Crippen LogP contribution in [0.1, 0.15) is 42.3 Å². The van der Waals surface area contributed by atoms with Crippen molar-refractivity contribution in [3.05, 3.63) is 58.7 Å². The summed E-state index contributed by atoms with van der Waals surface area (Å²) < 4.78 is 71.8. The Morgan fingerprint density at radius 2 is 1.70 bits per heavy atom. The van der Waals surface area contributed by atoms with Crippen molar-refractivity contribution in [2.75, 3.05) is 11.9 Å². The fourth-order valence-corrected chi connectivity index (χ4v) is 2.49. The van der Waals surface area contributed by atoms with Gasteiger partial charge in [0.1, 0.15) is 5.60 Å². The smallest absolute Gasteiger partial charge is 0.416 e. The van der Waals surface area contributed by atoms with E-state index in [1.807, 2.05) is 0 Å². The molecule has 0 aliphatic carbocycles. The molecule has 0 atom stereocenters. The predicted octanol–water partition coefficient (Wildman–Crippen LogP) is 5.30. The third kappa shape index (κ3) is 7.10. The number of ether oxygens (including phenoxy) is 1. The highest BCUT2D eigenvalue weighted by Crippen LogP contribution is 2.33. The fraction of sp³-hybridized carbons (Fsp3) is 0.273. The van der Waals surface area contributed by atoms with Gasteiger partial charge in [-0.05, 0) is 51.1 Å². The zero-order valence-corrected chi connectivity index (χ0v) is 17.7. The lowest BCUT2D eigenvalue weighted by Crippen LogP contribution is -2.32. The number of hydrogen-bond donors (Lipinski definition) is 3. The van der Waals surface area contributed by atoms with Gasteiger partial charge in [-0.3, -0.25) is 0 Å². The summed E-state index contributed by atoms with van der Waals surface area (Å²) in [6.07, 6.45) is -5.56. The van der Waals surface area contributed by atoms with E-state index in [0.717, 1.165) is 18.2 Å². The molecule has 0 heterocycles. The molecule has 0 unspecified atom stereocenters. The number of amides is 1. The first-order valence-electron chi connectivity index (χ1n) is 9.34. The molecule has 1 amide bonds. The van der Waals surface area contributed by atoms with Crippen molar-refractivity contribution in [2.45, 2.75) is 32.5 Å². The maximum absolute atomic E-state index is 14.4. The van der Waals surface area contributed by atoms with Crippen molar-refractivity contribution >= 4 is 23.4 Å². The van der Waals surface area contributed by atoms with E-state index < -0.39 is 52.2 Å². The molecule has 0 fully saturated rings. The minimum atomic E-state index is -4.78. The maximum Gasteiger partial charge on any atom is 0.416 e. The third-order valence-electron chi connectivity index (χ3n) is 3.87. The lowest BCUT2D eigenvalue weighted by atomic mass is 10.1. The molecule has 0 aliphatic heterocycles. The van der Waals surface area contributed by atoms with Gasteiger partial charge in [-0.1, -0.05) is 11.8 Å². The highest BCUT2D eigenvalue weighted by atomic mass is 19.4. The lowest BCUT2D eigenvalue weighted by molar-refractivity contribution is -0.137. The van der Waals surface area contributed by atoms with E-state index in [0.29, 0.717) is 12.1 Å². The molecule has 2 rings (SSSR count). The van der Waals surface area contributed by atoms with Gasteiger partial charge in [0.2, 0.25) is 0 Å². The number of carboxylic acids is 1. The van der Waals surface area contributed by atoms with E-state index in [9.17, 15) is 36.6 Å². The Labute approximate surface area is 185 Å². The third-order valence-corrected chi connectivity index (χ3v) is 3.87. The van der Waals surface area contributed by atoms with Gasteiger partial charge in [0.05, 0.1) is 34.6 Å². The van der Waals surface area contributed by atoms with E-state index >= 15 is 0 Å². The largest absolute Gasteiger partial charge is 0.478 e. The predicted molar refractivity (Wildman–Crippen MR) is 109 cm³/mol. The highest BCUT2D eigenvalue weighted by molar-refractivity contribution is 5.95. The molecule has 3 N–H and O–H groups in total. The molecule has 0 saturated carbocycles. The Kier molecular flexibility index (Phi) is 7.53. The number of nitrogens with one attached hydrogen (secondary N) is 2. The van der Waals surface area contributed by atoms with Crippen LogP contribution in [0.4, 0.5) is 38.1 Å². The number of benzene rings is 2. The van der Waals surface area contributed by atoms with Crippen LogP contribution in [-0.4, -0.2) is 29.3 Å². The molecule has 6 nitrogen and oxygen atoms in total. The first kappa shape index (κ1) is 25.5. The van der Waals surface area contributed by atoms with Crippen LogP contribution in [-0.2, 0) is 10.9 Å². The van der Waals surface area contributed by atoms with Gasteiger partial charge in [0, 0.05) is 0 Å². The second-order valence-electron chi connectivity index (χ2n) is 7.63. The molecule has 0 spiro atoms. The summed E-state index contributed by atoms with van der Waals surface area (Å²) in [7, 11) is 0. The van der Waals surface area contributed by atoms with Crippen LogP contribution in [0.25, 0.3) is 0 Å². The molecule has 33 heavy (non-hydrogen) atoms. The van der Waals surface area contributed by atoms with Gasteiger partial charge in [-0.2, -0.15) is 13.2 Å². The van der Waals surface area contributed by atoms with E-state index in [-0.39, 0.29) is 17.9 Å². The molecule has 0 bridgehead atoms. The van der Waals surface area contributed by atoms with Gasteiger partial charge in [0.25, 0.3) is 0 Å². The quantitative estimate of drug-likeness (QED) is 0.417. The number of carboxylic acid groups (broad SMARTS) is 1. The summed E-state index contributed by atoms with van der Waals surface area (Å²) >= 11 is 0. The summed E-state index contributed by atoms with van der Waals surface area (Å²) in [6, 6.07) is 3.71. The van der Waals surface area contributed by atoms with Crippen LogP contribution in [0.3, 0.4) is 0 Å². The minimum Gasteiger partial charge on any atom is -0.478 e. The number of hydrogen-bond acceptors (Lipinski definition) is 4. The lowest BCUT2D eigenvalue weighted by Gasteiger charge is -2.19. The van der Waals surface area contributed by atoms with E-state index in [2.05, 4.69) is 22.5 Å². The first-order valence-corrected chi connectivity index (χ1v) is 9.34. The highest BCUT2D eigenvalue weighted by Gasteiger charge is 2.32. The fourth-order valence-electron chi connectivity index (χ4n) is 2.49. The molecule has 0 aliphatic rings. The number of alkyl carbamates (subject to hydrolysis) is 1. The number of carbonyl (C=O) groups is 2. The number of anilines is 2. The molecule has 2 aromatic carbocycles. The van der Waals surface area contributed by atoms with Gasteiger partial charge in [0.15, 0.2) is 11.6 Å². The Morgan fingerprint density at radius 1 is 1.06 bits per heavy atom. The van der Waals surface area contributed by atoms with Crippen molar-refractivity contribution in [2.24, 2.45) is 0 Å². The number of carbonyl (C=O) groups excluding carboxylic acids is 1. The van der Waals surface area contributed by atoms with Crippen molar-refractivity contribution in [1.29, 1.82) is 0 Å². The first-order chi connectivity index (χ1) is 15.2. The van der Waals surface area contributed by atoms with Gasteiger partial charge < -0.3 is 20.5 Å². The number of alkyl halides is 3. The summed E-state index contributed by atoms with van der Waals surface area (Å²) in [5.41, 5.74) is -3.69. The average molecular weight is 470 g/mol. The summed E-state index contributed by atoms with van der Waals surface area (Å²) in [4.78, 5) is 23.1. The van der Waals surface area contributed by atoms with E-state index in [1.165, 1.54) is 0 Å². The monoisotopic (exact) mass is 470 g/mol. The van der Waals surface area contributed by atoms with Crippen LogP contribution in [0.2, 0.25) is 0 Å². The van der Waals surface area contributed by atoms with Crippen LogP contribution >= 0.6 is 0 Å².